The number of hydrogen-bond acceptors (Lipinski definition) is 3. The Morgan fingerprint density at radius 3 is 3.10 bits per heavy atom. The minimum Gasteiger partial charge on any atom is -0.360 e. The molecule has 0 saturated carbocycles. The molecule has 0 bridgehead atoms. The first kappa shape index (κ1) is 12.8. The Hall–Kier alpha value is -1.88. The maximum Gasteiger partial charge on any atom is 0.144 e. The SMILES string of the molecule is Brc1ccc2[nH]c3c(c2c1)CCCC3Nc1cnccn1. The summed E-state index contributed by atoms with van der Waals surface area (Å²) >= 11 is 3.57. The molecule has 1 unspecified atom stereocenters. The smallest absolute Gasteiger partial charge is 0.144 e. The minimum absolute atomic E-state index is 0.275. The van der Waals surface area contributed by atoms with Crippen LogP contribution in [0.3, 0.4) is 0 Å². The number of benzene rings is 1. The molecule has 1 aliphatic rings. The van der Waals surface area contributed by atoms with Gasteiger partial charge in [-0.15, -0.1) is 0 Å². The van der Waals surface area contributed by atoms with E-state index in [1.807, 2.05) is 0 Å². The molecule has 5 heteroatoms. The maximum absolute atomic E-state index is 4.32. The van der Waals surface area contributed by atoms with Gasteiger partial charge in [-0.05, 0) is 43.0 Å². The number of aromatic amines is 1. The van der Waals surface area contributed by atoms with Gasteiger partial charge < -0.3 is 10.3 Å². The van der Waals surface area contributed by atoms with Crippen LogP contribution in [0.4, 0.5) is 5.82 Å². The van der Waals surface area contributed by atoms with Crippen molar-refractivity contribution in [3.05, 3.63) is 52.5 Å². The molecule has 0 spiro atoms. The lowest BCUT2D eigenvalue weighted by Crippen LogP contribution is -2.17. The van der Waals surface area contributed by atoms with Gasteiger partial charge in [0.25, 0.3) is 0 Å². The molecule has 2 heterocycles. The molecule has 4 rings (SSSR count). The molecule has 1 aliphatic carbocycles. The molecule has 1 aromatic carbocycles. The third-order valence-electron chi connectivity index (χ3n) is 4.05. The Morgan fingerprint density at radius 2 is 2.24 bits per heavy atom. The van der Waals surface area contributed by atoms with Gasteiger partial charge in [-0.25, -0.2) is 4.98 Å². The molecule has 1 atom stereocenters. The lowest BCUT2D eigenvalue weighted by molar-refractivity contribution is 0.590. The normalized spacial score (nSPS) is 17.7. The number of rotatable bonds is 2. The first-order valence-electron chi connectivity index (χ1n) is 7.14. The largest absolute Gasteiger partial charge is 0.360 e. The summed E-state index contributed by atoms with van der Waals surface area (Å²) in [6.45, 7) is 0. The Morgan fingerprint density at radius 1 is 1.29 bits per heavy atom. The summed E-state index contributed by atoms with van der Waals surface area (Å²) < 4.78 is 1.13. The van der Waals surface area contributed by atoms with Crippen LogP contribution in [0, 0.1) is 0 Å². The molecule has 2 aromatic heterocycles. The fourth-order valence-electron chi connectivity index (χ4n) is 3.13. The Kier molecular flexibility index (Phi) is 3.15. The number of nitrogens with one attached hydrogen (secondary N) is 2. The van der Waals surface area contributed by atoms with Crippen LogP contribution in [-0.2, 0) is 6.42 Å². The summed E-state index contributed by atoms with van der Waals surface area (Å²) in [5, 5.41) is 4.82. The van der Waals surface area contributed by atoms with E-state index < -0.39 is 0 Å². The van der Waals surface area contributed by atoms with Crippen LogP contribution in [0.25, 0.3) is 10.9 Å². The summed E-state index contributed by atoms with van der Waals surface area (Å²) in [6, 6.07) is 6.69. The van der Waals surface area contributed by atoms with Crippen LogP contribution in [-0.4, -0.2) is 15.0 Å². The topological polar surface area (TPSA) is 53.6 Å². The highest BCUT2D eigenvalue weighted by atomic mass is 79.9. The van der Waals surface area contributed by atoms with Crippen LogP contribution in [0.15, 0.2) is 41.3 Å². The van der Waals surface area contributed by atoms with Gasteiger partial charge >= 0.3 is 0 Å². The van der Waals surface area contributed by atoms with Crippen molar-refractivity contribution in [3.8, 4) is 0 Å². The quantitative estimate of drug-likeness (QED) is 0.733. The number of nitrogens with zero attached hydrogens (tertiary/aromatic N) is 2. The molecular formula is C16H15BrN4. The zero-order valence-corrected chi connectivity index (χ0v) is 13.0. The number of anilines is 1. The van der Waals surface area contributed by atoms with Gasteiger partial charge in [-0.2, -0.15) is 0 Å². The molecule has 0 saturated heterocycles. The number of aromatic nitrogens is 3. The molecule has 4 nitrogen and oxygen atoms in total. The third kappa shape index (κ3) is 2.31. The van der Waals surface area contributed by atoms with Crippen molar-refractivity contribution < 1.29 is 0 Å². The molecule has 0 fully saturated rings. The average Bonchev–Trinajstić information content (AvgIpc) is 2.88. The Bertz CT molecular complexity index is 782. The summed E-state index contributed by atoms with van der Waals surface area (Å²) in [7, 11) is 0. The van der Waals surface area contributed by atoms with Crippen molar-refractivity contribution >= 4 is 32.7 Å². The Balaban J connectivity index is 1.76. The predicted molar refractivity (Wildman–Crippen MR) is 87.3 cm³/mol. The molecule has 0 amide bonds. The molecule has 0 radical (unpaired) electrons. The summed E-state index contributed by atoms with van der Waals surface area (Å²) in [5.74, 6) is 0.829. The number of aryl methyl sites for hydroxylation is 1. The summed E-state index contributed by atoms with van der Waals surface area (Å²) in [5.41, 5.74) is 3.93. The molecular weight excluding hydrogens is 328 g/mol. The van der Waals surface area contributed by atoms with E-state index in [-0.39, 0.29) is 6.04 Å². The van der Waals surface area contributed by atoms with Crippen molar-refractivity contribution in [2.75, 3.05) is 5.32 Å². The van der Waals surface area contributed by atoms with Crippen molar-refractivity contribution in [1.29, 1.82) is 0 Å². The van der Waals surface area contributed by atoms with E-state index in [2.05, 4.69) is 54.4 Å². The zero-order chi connectivity index (χ0) is 14.2. The van der Waals surface area contributed by atoms with Crippen molar-refractivity contribution in [1.82, 2.24) is 15.0 Å². The molecule has 2 N–H and O–H groups in total. The van der Waals surface area contributed by atoms with Gasteiger partial charge in [0.2, 0.25) is 0 Å². The molecule has 0 aliphatic heterocycles. The van der Waals surface area contributed by atoms with Gasteiger partial charge in [0, 0.05) is 33.5 Å². The predicted octanol–water partition coefficient (Wildman–Crippen LogP) is 4.21. The zero-order valence-electron chi connectivity index (χ0n) is 11.4. The first-order chi connectivity index (χ1) is 10.3. The highest BCUT2D eigenvalue weighted by Crippen LogP contribution is 2.37. The van der Waals surface area contributed by atoms with Crippen molar-refractivity contribution in [2.24, 2.45) is 0 Å². The van der Waals surface area contributed by atoms with E-state index >= 15 is 0 Å². The van der Waals surface area contributed by atoms with E-state index in [0.29, 0.717) is 0 Å². The monoisotopic (exact) mass is 342 g/mol. The van der Waals surface area contributed by atoms with Crippen LogP contribution in [0.1, 0.15) is 30.1 Å². The van der Waals surface area contributed by atoms with Gasteiger partial charge in [-0.1, -0.05) is 15.9 Å². The number of fused-ring (bicyclic) bond motifs is 3. The third-order valence-corrected chi connectivity index (χ3v) is 4.55. The van der Waals surface area contributed by atoms with Gasteiger partial charge in [-0.3, -0.25) is 4.98 Å². The lowest BCUT2D eigenvalue weighted by atomic mass is 9.92. The van der Waals surface area contributed by atoms with E-state index in [0.717, 1.165) is 23.1 Å². The van der Waals surface area contributed by atoms with Gasteiger partial charge in [0.05, 0.1) is 12.2 Å². The number of H-pyrrole nitrogens is 1. The summed E-state index contributed by atoms with van der Waals surface area (Å²) in [4.78, 5) is 12.0. The highest BCUT2D eigenvalue weighted by molar-refractivity contribution is 9.10. The minimum atomic E-state index is 0.275. The van der Waals surface area contributed by atoms with Gasteiger partial charge in [0.1, 0.15) is 5.82 Å². The molecule has 21 heavy (non-hydrogen) atoms. The van der Waals surface area contributed by atoms with Crippen LogP contribution in [0.5, 0.6) is 0 Å². The lowest BCUT2D eigenvalue weighted by Gasteiger charge is -2.24. The highest BCUT2D eigenvalue weighted by Gasteiger charge is 2.24. The first-order valence-corrected chi connectivity index (χ1v) is 7.93. The van der Waals surface area contributed by atoms with Crippen LogP contribution in [0.2, 0.25) is 0 Å². The molecule has 3 aromatic rings. The van der Waals surface area contributed by atoms with Crippen LogP contribution >= 0.6 is 15.9 Å². The average molecular weight is 343 g/mol. The standard InChI is InChI=1S/C16H15BrN4/c17-10-4-5-13-12(8-10)11-2-1-3-14(16(11)21-13)20-15-9-18-6-7-19-15/h4-9,14,21H,1-3H2,(H,19,20). The van der Waals surface area contributed by atoms with E-state index in [9.17, 15) is 0 Å². The number of halogens is 1. The number of hydrogen-bond donors (Lipinski definition) is 2. The van der Waals surface area contributed by atoms with Crippen molar-refractivity contribution in [2.45, 2.75) is 25.3 Å². The second-order valence-electron chi connectivity index (χ2n) is 5.39. The second kappa shape index (κ2) is 5.15. The molecule has 106 valence electrons. The van der Waals surface area contributed by atoms with E-state index in [1.165, 1.54) is 28.6 Å². The maximum atomic E-state index is 4.32. The summed E-state index contributed by atoms with van der Waals surface area (Å²) in [6.07, 6.45) is 8.60. The van der Waals surface area contributed by atoms with Crippen LogP contribution < -0.4 is 5.32 Å². The fraction of sp³-hybridized carbons (Fsp3) is 0.250. The Labute approximate surface area is 131 Å². The van der Waals surface area contributed by atoms with Gasteiger partial charge in [0.15, 0.2) is 0 Å². The fourth-order valence-corrected chi connectivity index (χ4v) is 3.49. The van der Waals surface area contributed by atoms with E-state index in [1.54, 1.807) is 18.6 Å². The van der Waals surface area contributed by atoms with Crippen molar-refractivity contribution in [3.63, 3.8) is 0 Å². The second-order valence-corrected chi connectivity index (χ2v) is 6.30. The van der Waals surface area contributed by atoms with E-state index in [4.69, 9.17) is 0 Å².